The van der Waals surface area contributed by atoms with Crippen molar-refractivity contribution in [1.29, 1.82) is 0 Å². The van der Waals surface area contributed by atoms with Crippen molar-refractivity contribution in [2.24, 2.45) is 0 Å². The Bertz CT molecular complexity index is 722. The SMILES string of the molecule is CCOc1nc(N)nc2c1ncn2[C@@H]1O[C@H](CO)[C@H](O)C1(C)F. The third kappa shape index (κ3) is 2.38. The topological polar surface area (TPSA) is 129 Å². The average molecular weight is 327 g/mol. The number of rotatable bonds is 4. The molecule has 0 amide bonds. The maximum Gasteiger partial charge on any atom is 0.247 e. The number of alkyl halides is 1. The fourth-order valence-corrected chi connectivity index (χ4v) is 2.68. The molecule has 1 saturated heterocycles. The lowest BCUT2D eigenvalue weighted by atomic mass is 9.98. The molecule has 4 N–H and O–H groups in total. The van der Waals surface area contributed by atoms with Gasteiger partial charge in [-0.25, -0.2) is 9.37 Å². The maximum atomic E-state index is 14.9. The summed E-state index contributed by atoms with van der Waals surface area (Å²) in [5, 5.41) is 19.2. The summed E-state index contributed by atoms with van der Waals surface area (Å²) in [6.07, 6.45) is -2.43. The molecule has 0 radical (unpaired) electrons. The zero-order valence-electron chi connectivity index (χ0n) is 12.7. The molecule has 10 heteroatoms. The van der Waals surface area contributed by atoms with Crippen LogP contribution in [0.15, 0.2) is 6.33 Å². The molecule has 1 unspecified atom stereocenters. The van der Waals surface area contributed by atoms with Gasteiger partial charge in [-0.2, -0.15) is 9.97 Å². The average Bonchev–Trinajstić information content (AvgIpc) is 3.00. The highest BCUT2D eigenvalue weighted by atomic mass is 19.1. The molecule has 1 fully saturated rings. The molecule has 0 bridgehead atoms. The number of nitrogens with zero attached hydrogens (tertiary/aromatic N) is 4. The number of aromatic nitrogens is 4. The van der Waals surface area contributed by atoms with Crippen LogP contribution in [0.2, 0.25) is 0 Å². The van der Waals surface area contributed by atoms with Crippen LogP contribution < -0.4 is 10.5 Å². The zero-order chi connectivity index (χ0) is 16.8. The first-order valence-electron chi connectivity index (χ1n) is 7.16. The summed E-state index contributed by atoms with van der Waals surface area (Å²) in [6.45, 7) is 2.81. The van der Waals surface area contributed by atoms with Crippen molar-refractivity contribution in [3.05, 3.63) is 6.33 Å². The number of hydrogen-bond donors (Lipinski definition) is 3. The molecular weight excluding hydrogens is 309 g/mol. The number of hydrogen-bond acceptors (Lipinski definition) is 8. The third-order valence-electron chi connectivity index (χ3n) is 3.84. The van der Waals surface area contributed by atoms with Gasteiger partial charge in [-0.1, -0.05) is 0 Å². The Balaban J connectivity index is 2.10. The number of aliphatic hydroxyl groups is 2. The molecule has 3 rings (SSSR count). The van der Waals surface area contributed by atoms with Gasteiger partial charge in [0.05, 0.1) is 19.5 Å². The largest absolute Gasteiger partial charge is 0.476 e. The quantitative estimate of drug-likeness (QED) is 0.703. The van der Waals surface area contributed by atoms with Crippen LogP contribution in [0.4, 0.5) is 10.3 Å². The number of nitrogens with two attached hydrogens (primary N) is 1. The summed E-state index contributed by atoms with van der Waals surface area (Å²) in [6, 6.07) is 0. The summed E-state index contributed by atoms with van der Waals surface area (Å²) in [5.74, 6) is 0.132. The number of nitrogen functional groups attached to an aromatic ring is 1. The van der Waals surface area contributed by atoms with Crippen LogP contribution in [0.5, 0.6) is 5.88 Å². The molecule has 0 spiro atoms. The number of aliphatic hydroxyl groups excluding tert-OH is 2. The van der Waals surface area contributed by atoms with Crippen LogP contribution in [0.1, 0.15) is 20.1 Å². The van der Waals surface area contributed by atoms with Crippen molar-refractivity contribution < 1.29 is 24.1 Å². The maximum absolute atomic E-state index is 14.9. The summed E-state index contributed by atoms with van der Waals surface area (Å²) >= 11 is 0. The third-order valence-corrected chi connectivity index (χ3v) is 3.84. The van der Waals surface area contributed by atoms with E-state index in [4.69, 9.17) is 15.2 Å². The number of anilines is 1. The summed E-state index contributed by atoms with van der Waals surface area (Å²) in [7, 11) is 0. The number of ether oxygens (including phenoxy) is 2. The Hall–Kier alpha value is -2.04. The Labute approximate surface area is 130 Å². The van der Waals surface area contributed by atoms with Crippen LogP contribution >= 0.6 is 0 Å². The van der Waals surface area contributed by atoms with Crippen LogP contribution in [0.3, 0.4) is 0 Å². The number of fused-ring (bicyclic) bond motifs is 1. The highest BCUT2D eigenvalue weighted by molar-refractivity contribution is 5.77. The van der Waals surface area contributed by atoms with Gasteiger partial charge in [-0.15, -0.1) is 0 Å². The van der Waals surface area contributed by atoms with Gasteiger partial charge in [0.1, 0.15) is 12.2 Å². The highest BCUT2D eigenvalue weighted by Gasteiger charge is 2.55. The van der Waals surface area contributed by atoms with E-state index in [0.29, 0.717) is 12.1 Å². The number of halogens is 1. The van der Waals surface area contributed by atoms with E-state index in [2.05, 4.69) is 15.0 Å². The standard InChI is InChI=1S/C13H18FN5O4/c1-3-22-10-7-9(17-12(15)18-10)19(5-16-7)11-13(2,14)8(21)6(4-20)23-11/h5-6,8,11,20-21H,3-4H2,1-2H3,(H2,15,17,18)/t6-,8+,11-,13?/m1/s1. The fourth-order valence-electron chi connectivity index (χ4n) is 2.68. The fraction of sp³-hybridized carbons (Fsp3) is 0.615. The molecule has 2 aromatic rings. The van der Waals surface area contributed by atoms with Crippen LogP contribution in [-0.2, 0) is 4.74 Å². The first-order valence-corrected chi connectivity index (χ1v) is 7.16. The molecule has 4 atom stereocenters. The van der Waals surface area contributed by atoms with E-state index in [1.54, 1.807) is 6.92 Å². The normalized spacial score (nSPS) is 30.9. The van der Waals surface area contributed by atoms with Gasteiger partial charge in [-0.3, -0.25) is 4.57 Å². The van der Waals surface area contributed by atoms with Gasteiger partial charge >= 0.3 is 0 Å². The van der Waals surface area contributed by atoms with E-state index in [1.165, 1.54) is 17.8 Å². The minimum absolute atomic E-state index is 0.0551. The second kappa shape index (κ2) is 5.55. The lowest BCUT2D eigenvalue weighted by molar-refractivity contribution is -0.0566. The predicted octanol–water partition coefficient (Wildman–Crippen LogP) is -0.214. The minimum Gasteiger partial charge on any atom is -0.476 e. The van der Waals surface area contributed by atoms with E-state index in [1.807, 2.05) is 0 Å². The molecule has 0 aliphatic carbocycles. The van der Waals surface area contributed by atoms with E-state index in [9.17, 15) is 14.6 Å². The molecule has 1 aliphatic rings. The Kier molecular flexibility index (Phi) is 3.82. The first-order chi connectivity index (χ1) is 10.9. The van der Waals surface area contributed by atoms with E-state index in [-0.39, 0.29) is 17.5 Å². The van der Waals surface area contributed by atoms with Crippen molar-refractivity contribution in [2.75, 3.05) is 18.9 Å². The van der Waals surface area contributed by atoms with Gasteiger partial charge in [0.2, 0.25) is 11.8 Å². The van der Waals surface area contributed by atoms with Crippen molar-refractivity contribution >= 4 is 17.1 Å². The summed E-state index contributed by atoms with van der Waals surface area (Å²) in [5.41, 5.74) is 4.05. The van der Waals surface area contributed by atoms with Crippen molar-refractivity contribution in [3.63, 3.8) is 0 Å². The number of imidazole rings is 1. The predicted molar refractivity (Wildman–Crippen MR) is 77.4 cm³/mol. The molecule has 0 saturated carbocycles. The molecule has 0 aromatic carbocycles. The highest BCUT2D eigenvalue weighted by Crippen LogP contribution is 2.42. The Morgan fingerprint density at radius 1 is 1.52 bits per heavy atom. The van der Waals surface area contributed by atoms with Crippen LogP contribution in [0, 0.1) is 0 Å². The van der Waals surface area contributed by atoms with E-state index in [0.717, 1.165) is 0 Å². The Morgan fingerprint density at radius 2 is 2.26 bits per heavy atom. The van der Waals surface area contributed by atoms with Crippen LogP contribution in [-0.4, -0.2) is 60.8 Å². The second-order valence-electron chi connectivity index (χ2n) is 5.45. The second-order valence-corrected chi connectivity index (χ2v) is 5.45. The van der Waals surface area contributed by atoms with Gasteiger partial charge in [0, 0.05) is 0 Å². The van der Waals surface area contributed by atoms with Gasteiger partial charge in [-0.05, 0) is 13.8 Å². The lowest BCUT2D eigenvalue weighted by Crippen LogP contribution is -2.40. The van der Waals surface area contributed by atoms with Gasteiger partial charge in [0.15, 0.2) is 23.1 Å². The monoisotopic (exact) mass is 327 g/mol. The van der Waals surface area contributed by atoms with E-state index < -0.39 is 30.7 Å². The van der Waals surface area contributed by atoms with Crippen molar-refractivity contribution in [3.8, 4) is 5.88 Å². The smallest absolute Gasteiger partial charge is 0.247 e. The lowest BCUT2D eigenvalue weighted by Gasteiger charge is -2.24. The molecule has 3 heterocycles. The molecule has 2 aromatic heterocycles. The van der Waals surface area contributed by atoms with Gasteiger partial charge < -0.3 is 25.4 Å². The molecule has 1 aliphatic heterocycles. The Morgan fingerprint density at radius 3 is 2.87 bits per heavy atom. The van der Waals surface area contributed by atoms with Crippen LogP contribution in [0.25, 0.3) is 11.2 Å². The molecule has 23 heavy (non-hydrogen) atoms. The molecular formula is C13H18FN5O4. The zero-order valence-corrected chi connectivity index (χ0v) is 12.7. The molecule has 126 valence electrons. The van der Waals surface area contributed by atoms with Crippen molar-refractivity contribution in [1.82, 2.24) is 19.5 Å². The molecule has 9 nitrogen and oxygen atoms in total. The van der Waals surface area contributed by atoms with Gasteiger partial charge in [0.25, 0.3) is 0 Å². The summed E-state index contributed by atoms with van der Waals surface area (Å²) < 4.78 is 27.0. The van der Waals surface area contributed by atoms with E-state index >= 15 is 0 Å². The van der Waals surface area contributed by atoms with Crippen molar-refractivity contribution in [2.45, 2.75) is 38.0 Å². The first kappa shape index (κ1) is 15.8. The summed E-state index contributed by atoms with van der Waals surface area (Å²) in [4.78, 5) is 12.1. The minimum atomic E-state index is -2.15.